The largest absolute Gasteiger partial charge is 0.383 e. The number of hydrogen-bond donors (Lipinski definition) is 5. The average Bonchev–Trinajstić information content (AvgIpc) is 3.17. The second kappa shape index (κ2) is 9.28. The summed E-state index contributed by atoms with van der Waals surface area (Å²) in [6, 6.07) is 13.5. The minimum atomic E-state index is 0.401. The zero-order chi connectivity index (χ0) is 21.8. The fraction of sp³-hybridized carbons (Fsp3) is 0.273. The molecule has 0 saturated carbocycles. The number of piperazine rings is 1. The third-order valence-corrected chi connectivity index (χ3v) is 5.72. The molecule has 1 aromatic heterocycles. The van der Waals surface area contributed by atoms with Gasteiger partial charge in [0.1, 0.15) is 11.7 Å². The minimum Gasteiger partial charge on any atom is -0.383 e. The molecule has 0 atom stereocenters. The molecule has 1 fully saturated rings. The predicted octanol–water partition coefficient (Wildman–Crippen LogP) is 2.01. The maximum atomic E-state index is 6.46. The molecule has 1 aliphatic heterocycles. The van der Waals surface area contributed by atoms with Crippen LogP contribution in [-0.2, 0) is 6.54 Å². The standard InChI is InChI=1S/C22H27ClN8/c1-14-17-12-15(6-7-19(17)30-29-14)20(24)28-22(31-10-8-26-9-11-31)21(25)27-13-16-4-2-3-5-18(16)23/h2-7,12,26-27H,8-11,13,25H2,1H3,(H2,24,28)(H,29,30)/b22-21-. The van der Waals surface area contributed by atoms with E-state index in [1.54, 1.807) is 0 Å². The predicted molar refractivity (Wildman–Crippen MR) is 126 cm³/mol. The van der Waals surface area contributed by atoms with Crippen molar-refractivity contribution in [1.29, 1.82) is 0 Å². The highest BCUT2D eigenvalue weighted by atomic mass is 35.5. The molecule has 0 unspecified atom stereocenters. The number of nitrogens with zero attached hydrogens (tertiary/aromatic N) is 3. The first-order valence-corrected chi connectivity index (χ1v) is 10.6. The topological polar surface area (TPSA) is 120 Å². The van der Waals surface area contributed by atoms with E-state index < -0.39 is 0 Å². The van der Waals surface area contributed by atoms with Gasteiger partial charge in [-0.05, 0) is 36.8 Å². The van der Waals surface area contributed by atoms with Gasteiger partial charge in [-0.25, -0.2) is 4.99 Å². The van der Waals surface area contributed by atoms with Crippen LogP contribution in [0.5, 0.6) is 0 Å². The maximum absolute atomic E-state index is 6.46. The van der Waals surface area contributed by atoms with E-state index in [0.717, 1.165) is 53.9 Å². The third-order valence-electron chi connectivity index (χ3n) is 5.35. The molecule has 8 nitrogen and oxygen atoms in total. The Bertz CT molecular complexity index is 1130. The van der Waals surface area contributed by atoms with E-state index >= 15 is 0 Å². The monoisotopic (exact) mass is 438 g/mol. The van der Waals surface area contributed by atoms with Gasteiger partial charge in [0.15, 0.2) is 5.82 Å². The van der Waals surface area contributed by atoms with Crippen molar-refractivity contribution in [2.24, 2.45) is 16.5 Å². The van der Waals surface area contributed by atoms with Crippen LogP contribution in [0, 0.1) is 6.92 Å². The number of amidine groups is 1. The number of hydrogen-bond acceptors (Lipinski definition) is 6. The molecule has 7 N–H and O–H groups in total. The summed E-state index contributed by atoms with van der Waals surface area (Å²) < 4.78 is 0. The number of H-pyrrole nitrogens is 1. The number of fused-ring (bicyclic) bond motifs is 1. The van der Waals surface area contributed by atoms with Crippen LogP contribution >= 0.6 is 11.6 Å². The lowest BCUT2D eigenvalue weighted by atomic mass is 10.1. The van der Waals surface area contributed by atoms with Gasteiger partial charge < -0.3 is 27.0 Å². The van der Waals surface area contributed by atoms with E-state index in [2.05, 4.69) is 25.7 Å². The normalized spacial score (nSPS) is 15.8. The van der Waals surface area contributed by atoms with Gasteiger partial charge in [0.25, 0.3) is 0 Å². The molecule has 1 saturated heterocycles. The van der Waals surface area contributed by atoms with Gasteiger partial charge in [-0.15, -0.1) is 0 Å². The van der Waals surface area contributed by atoms with E-state index in [0.29, 0.717) is 29.0 Å². The van der Waals surface area contributed by atoms with Crippen LogP contribution in [0.3, 0.4) is 0 Å². The first-order valence-electron chi connectivity index (χ1n) is 10.2. The van der Waals surface area contributed by atoms with Crippen molar-refractivity contribution in [2.75, 3.05) is 26.2 Å². The molecule has 9 heteroatoms. The lowest BCUT2D eigenvalue weighted by Crippen LogP contribution is -2.44. The molecule has 0 bridgehead atoms. The molecule has 31 heavy (non-hydrogen) atoms. The molecule has 0 spiro atoms. The quantitative estimate of drug-likeness (QED) is 0.296. The van der Waals surface area contributed by atoms with Gasteiger partial charge in [0, 0.05) is 54.4 Å². The minimum absolute atomic E-state index is 0.401. The highest BCUT2D eigenvalue weighted by Crippen LogP contribution is 2.19. The van der Waals surface area contributed by atoms with Crippen molar-refractivity contribution in [2.45, 2.75) is 13.5 Å². The van der Waals surface area contributed by atoms with Crippen molar-refractivity contribution < 1.29 is 0 Å². The number of benzene rings is 2. The number of halogens is 1. The summed E-state index contributed by atoms with van der Waals surface area (Å²) in [4.78, 5) is 6.89. The molecule has 4 rings (SSSR count). The number of rotatable bonds is 6. The van der Waals surface area contributed by atoms with E-state index in [9.17, 15) is 0 Å². The number of nitrogens with one attached hydrogen (secondary N) is 3. The molecule has 2 aromatic carbocycles. The molecular formula is C22H27ClN8. The van der Waals surface area contributed by atoms with Crippen LogP contribution in [0.15, 0.2) is 59.1 Å². The van der Waals surface area contributed by atoms with Crippen molar-refractivity contribution in [3.05, 3.63) is 75.9 Å². The molecule has 0 radical (unpaired) electrons. The van der Waals surface area contributed by atoms with Crippen LogP contribution in [0.2, 0.25) is 5.02 Å². The SMILES string of the molecule is Cc1[nH]nc2ccc(/C(N)=N/C(=C(\N)NCc3ccccc3Cl)N3CCNCC3)cc12. The Hall–Kier alpha value is -3.23. The van der Waals surface area contributed by atoms with Crippen molar-refractivity contribution >= 4 is 28.3 Å². The van der Waals surface area contributed by atoms with Crippen molar-refractivity contribution in [3.8, 4) is 0 Å². The van der Waals surface area contributed by atoms with Gasteiger partial charge in [-0.2, -0.15) is 5.10 Å². The lowest BCUT2D eigenvalue weighted by molar-refractivity contribution is 0.291. The van der Waals surface area contributed by atoms with E-state index in [-0.39, 0.29) is 0 Å². The second-order valence-corrected chi connectivity index (χ2v) is 7.90. The molecule has 0 aliphatic carbocycles. The molecule has 2 heterocycles. The van der Waals surface area contributed by atoms with Gasteiger partial charge in [-0.1, -0.05) is 29.8 Å². The Kier molecular flexibility index (Phi) is 6.29. The second-order valence-electron chi connectivity index (χ2n) is 7.50. The zero-order valence-corrected chi connectivity index (χ0v) is 18.2. The fourth-order valence-corrected chi connectivity index (χ4v) is 3.77. The van der Waals surface area contributed by atoms with Crippen LogP contribution < -0.4 is 22.1 Å². The Morgan fingerprint density at radius 2 is 1.97 bits per heavy atom. The number of aromatic nitrogens is 2. The Labute approximate surface area is 186 Å². The molecule has 1 aliphatic rings. The highest BCUT2D eigenvalue weighted by molar-refractivity contribution is 6.31. The smallest absolute Gasteiger partial charge is 0.171 e. The maximum Gasteiger partial charge on any atom is 0.171 e. The van der Waals surface area contributed by atoms with E-state index in [1.807, 2.05) is 49.4 Å². The van der Waals surface area contributed by atoms with Crippen LogP contribution in [0.1, 0.15) is 16.8 Å². The Morgan fingerprint density at radius 3 is 2.74 bits per heavy atom. The van der Waals surface area contributed by atoms with E-state index in [1.165, 1.54) is 0 Å². The number of aryl methyl sites for hydroxylation is 1. The molecule has 3 aromatic rings. The summed E-state index contributed by atoms with van der Waals surface area (Å²) in [6.07, 6.45) is 0. The summed E-state index contributed by atoms with van der Waals surface area (Å²) in [5, 5.41) is 15.6. The third kappa shape index (κ3) is 4.76. The first-order chi connectivity index (χ1) is 15.0. The number of aromatic amines is 1. The average molecular weight is 439 g/mol. The number of aliphatic imine (C=N–C) groups is 1. The van der Waals surface area contributed by atoms with Crippen molar-refractivity contribution in [3.63, 3.8) is 0 Å². The zero-order valence-electron chi connectivity index (χ0n) is 17.5. The first kappa shape index (κ1) is 21.0. The Balaban J connectivity index is 1.65. The Morgan fingerprint density at radius 1 is 1.19 bits per heavy atom. The van der Waals surface area contributed by atoms with E-state index in [4.69, 9.17) is 28.1 Å². The molecule has 162 valence electrons. The van der Waals surface area contributed by atoms with Gasteiger partial charge >= 0.3 is 0 Å². The summed E-state index contributed by atoms with van der Waals surface area (Å²) in [6.45, 7) is 5.78. The summed E-state index contributed by atoms with van der Waals surface area (Å²) in [5.41, 5.74) is 16.5. The summed E-state index contributed by atoms with van der Waals surface area (Å²) in [5.74, 6) is 1.50. The molecular weight excluding hydrogens is 412 g/mol. The lowest BCUT2D eigenvalue weighted by Gasteiger charge is -2.30. The highest BCUT2D eigenvalue weighted by Gasteiger charge is 2.17. The van der Waals surface area contributed by atoms with Crippen molar-refractivity contribution in [1.82, 2.24) is 25.7 Å². The summed E-state index contributed by atoms with van der Waals surface area (Å²) in [7, 11) is 0. The summed E-state index contributed by atoms with van der Waals surface area (Å²) >= 11 is 6.28. The number of nitrogens with two attached hydrogens (primary N) is 2. The van der Waals surface area contributed by atoms with Crippen LogP contribution in [-0.4, -0.2) is 47.1 Å². The van der Waals surface area contributed by atoms with Gasteiger partial charge in [0.05, 0.1) is 5.52 Å². The van der Waals surface area contributed by atoms with Crippen LogP contribution in [0.4, 0.5) is 0 Å². The van der Waals surface area contributed by atoms with Gasteiger partial charge in [0.2, 0.25) is 0 Å². The fourth-order valence-electron chi connectivity index (χ4n) is 3.57. The van der Waals surface area contributed by atoms with Crippen LogP contribution in [0.25, 0.3) is 10.9 Å². The van der Waals surface area contributed by atoms with Gasteiger partial charge in [-0.3, -0.25) is 5.10 Å². The molecule has 0 amide bonds.